The summed E-state index contributed by atoms with van der Waals surface area (Å²) in [6.07, 6.45) is 3.31. The number of esters is 1. The summed E-state index contributed by atoms with van der Waals surface area (Å²) in [5.74, 6) is 1.45. The molecule has 0 saturated heterocycles. The Morgan fingerprint density at radius 2 is 1.66 bits per heavy atom. The third kappa shape index (κ3) is 3.61. The van der Waals surface area contributed by atoms with Crippen LogP contribution in [0, 0.1) is 23.2 Å². The average Bonchev–Trinajstić information content (AvgIpc) is 3.47. The molecular formula is C26H32O3. The fraction of sp³-hybridized carbons (Fsp3) is 0.500. The summed E-state index contributed by atoms with van der Waals surface area (Å²) in [4.78, 5) is 13.5. The van der Waals surface area contributed by atoms with Gasteiger partial charge in [-0.05, 0) is 66.5 Å². The summed E-state index contributed by atoms with van der Waals surface area (Å²) >= 11 is 0. The number of carbonyl (C=O) groups excluding carboxylic acids is 1. The molecule has 0 amide bonds. The van der Waals surface area contributed by atoms with Crippen molar-refractivity contribution in [2.75, 3.05) is 0 Å². The summed E-state index contributed by atoms with van der Waals surface area (Å²) < 4.78 is 5.85. The smallest absolute Gasteiger partial charge is 0.322 e. The van der Waals surface area contributed by atoms with Crippen LogP contribution in [0.4, 0.5) is 0 Å². The molecule has 29 heavy (non-hydrogen) atoms. The maximum atomic E-state index is 13.5. The van der Waals surface area contributed by atoms with Crippen LogP contribution < -0.4 is 4.74 Å². The molecule has 3 nitrogen and oxygen atoms in total. The van der Waals surface area contributed by atoms with Crippen LogP contribution >= 0.6 is 0 Å². The Kier molecular flexibility index (Phi) is 5.29. The highest BCUT2D eigenvalue weighted by Crippen LogP contribution is 2.66. The number of ether oxygens (including phenoxy) is 1. The van der Waals surface area contributed by atoms with E-state index in [9.17, 15) is 9.90 Å². The lowest BCUT2D eigenvalue weighted by atomic mass is 9.63. The van der Waals surface area contributed by atoms with Crippen LogP contribution in [0.2, 0.25) is 0 Å². The van der Waals surface area contributed by atoms with Crippen molar-refractivity contribution in [1.82, 2.24) is 0 Å². The monoisotopic (exact) mass is 392 g/mol. The first kappa shape index (κ1) is 20.2. The first-order valence-electron chi connectivity index (χ1n) is 10.9. The summed E-state index contributed by atoms with van der Waals surface area (Å²) in [7, 11) is 0. The third-order valence-electron chi connectivity index (χ3n) is 7.48. The zero-order chi connectivity index (χ0) is 20.6. The van der Waals surface area contributed by atoms with Crippen molar-refractivity contribution >= 4 is 5.97 Å². The van der Waals surface area contributed by atoms with Gasteiger partial charge in [-0.15, -0.1) is 0 Å². The molecule has 1 N–H and O–H groups in total. The zero-order valence-electron chi connectivity index (χ0n) is 17.7. The predicted octanol–water partition coefficient (Wildman–Crippen LogP) is 5.37. The highest BCUT2D eigenvalue weighted by atomic mass is 16.5. The second kappa shape index (κ2) is 7.60. The Bertz CT molecular complexity index is 847. The largest absolute Gasteiger partial charge is 0.426 e. The molecule has 2 aliphatic rings. The molecule has 2 aromatic rings. The van der Waals surface area contributed by atoms with Gasteiger partial charge in [-0.1, -0.05) is 69.3 Å². The van der Waals surface area contributed by atoms with Crippen LogP contribution in [0.3, 0.4) is 0 Å². The Labute approximate surface area is 174 Å². The molecule has 2 unspecified atom stereocenters. The lowest BCUT2D eigenvalue weighted by Gasteiger charge is -2.43. The molecule has 5 atom stereocenters. The van der Waals surface area contributed by atoms with Gasteiger partial charge in [0.05, 0.1) is 11.5 Å². The molecule has 0 heterocycles. The number of aliphatic hydroxyl groups is 1. The van der Waals surface area contributed by atoms with Gasteiger partial charge < -0.3 is 9.84 Å². The molecule has 3 heteroatoms. The van der Waals surface area contributed by atoms with Crippen molar-refractivity contribution in [2.45, 2.75) is 58.0 Å². The van der Waals surface area contributed by atoms with Crippen LogP contribution in [0.25, 0.3) is 0 Å². The second-order valence-corrected chi connectivity index (χ2v) is 9.67. The van der Waals surface area contributed by atoms with Crippen LogP contribution in [0.1, 0.15) is 52.0 Å². The minimum absolute atomic E-state index is 0.0592. The Balaban J connectivity index is 1.62. The summed E-state index contributed by atoms with van der Waals surface area (Å²) in [6, 6.07) is 19.4. The van der Waals surface area contributed by atoms with E-state index in [-0.39, 0.29) is 23.4 Å². The SMILES string of the molecule is CC(C)[C@@H]1CC[C@@](C)(C2CC2(C(=O)Oc2ccccc2)c2ccccc2)C[C@H]1O. The molecule has 2 aromatic carbocycles. The van der Waals surface area contributed by atoms with Gasteiger partial charge >= 0.3 is 5.97 Å². The van der Waals surface area contributed by atoms with Crippen molar-refractivity contribution in [3.05, 3.63) is 66.2 Å². The number of hydrogen-bond acceptors (Lipinski definition) is 3. The van der Waals surface area contributed by atoms with Gasteiger partial charge in [0.1, 0.15) is 5.75 Å². The average molecular weight is 393 g/mol. The lowest BCUT2D eigenvalue weighted by Crippen LogP contribution is -2.41. The maximum Gasteiger partial charge on any atom is 0.322 e. The highest BCUT2D eigenvalue weighted by Gasteiger charge is 2.68. The van der Waals surface area contributed by atoms with Gasteiger partial charge in [-0.2, -0.15) is 0 Å². The Morgan fingerprint density at radius 3 is 2.24 bits per heavy atom. The molecule has 0 aliphatic heterocycles. The van der Waals surface area contributed by atoms with E-state index < -0.39 is 5.41 Å². The number of para-hydroxylation sites is 1. The molecule has 4 rings (SSSR count). The number of rotatable bonds is 5. The molecule has 2 saturated carbocycles. The molecular weight excluding hydrogens is 360 g/mol. The first-order valence-corrected chi connectivity index (χ1v) is 10.9. The van der Waals surface area contributed by atoms with E-state index >= 15 is 0 Å². The topological polar surface area (TPSA) is 46.5 Å². The van der Waals surface area contributed by atoms with E-state index in [1.165, 1.54) is 0 Å². The molecule has 0 radical (unpaired) electrons. The fourth-order valence-electron chi connectivity index (χ4n) is 5.70. The van der Waals surface area contributed by atoms with E-state index in [0.29, 0.717) is 17.6 Å². The van der Waals surface area contributed by atoms with Crippen molar-refractivity contribution in [3.63, 3.8) is 0 Å². The summed E-state index contributed by atoms with van der Waals surface area (Å²) in [5, 5.41) is 10.9. The van der Waals surface area contributed by atoms with Crippen molar-refractivity contribution in [3.8, 4) is 5.75 Å². The molecule has 0 aromatic heterocycles. The molecule has 2 aliphatic carbocycles. The van der Waals surface area contributed by atoms with Gasteiger partial charge in [-0.3, -0.25) is 4.79 Å². The Hall–Kier alpha value is -2.13. The van der Waals surface area contributed by atoms with Crippen LogP contribution in [0.15, 0.2) is 60.7 Å². The second-order valence-electron chi connectivity index (χ2n) is 9.67. The van der Waals surface area contributed by atoms with E-state index in [1.54, 1.807) is 0 Å². The number of hydrogen-bond donors (Lipinski definition) is 1. The van der Waals surface area contributed by atoms with Gasteiger partial charge in [0.25, 0.3) is 0 Å². The lowest BCUT2D eigenvalue weighted by molar-refractivity contribution is -0.138. The van der Waals surface area contributed by atoms with Crippen molar-refractivity contribution in [1.29, 1.82) is 0 Å². The summed E-state index contributed by atoms with van der Waals surface area (Å²) in [6.45, 7) is 6.65. The van der Waals surface area contributed by atoms with Crippen LogP contribution in [-0.2, 0) is 10.2 Å². The number of benzene rings is 2. The molecule has 2 fully saturated rings. The first-order chi connectivity index (χ1) is 13.9. The minimum atomic E-state index is -0.615. The fourth-order valence-corrected chi connectivity index (χ4v) is 5.70. The minimum Gasteiger partial charge on any atom is -0.426 e. The van der Waals surface area contributed by atoms with Gasteiger partial charge in [0.2, 0.25) is 0 Å². The van der Waals surface area contributed by atoms with E-state index in [1.807, 2.05) is 60.7 Å². The van der Waals surface area contributed by atoms with Gasteiger partial charge in [-0.25, -0.2) is 0 Å². The van der Waals surface area contributed by atoms with E-state index in [4.69, 9.17) is 4.74 Å². The number of carbonyl (C=O) groups is 1. The predicted molar refractivity (Wildman–Crippen MR) is 115 cm³/mol. The van der Waals surface area contributed by atoms with Gasteiger partial charge in [0.15, 0.2) is 0 Å². The molecule has 154 valence electrons. The highest BCUT2D eigenvalue weighted by molar-refractivity contribution is 5.89. The number of aliphatic hydroxyl groups excluding tert-OH is 1. The van der Waals surface area contributed by atoms with E-state index in [0.717, 1.165) is 31.2 Å². The summed E-state index contributed by atoms with van der Waals surface area (Å²) in [5.41, 5.74) is 0.361. The zero-order valence-corrected chi connectivity index (χ0v) is 17.7. The quantitative estimate of drug-likeness (QED) is 0.549. The molecule has 0 spiro atoms. The van der Waals surface area contributed by atoms with Crippen molar-refractivity contribution < 1.29 is 14.6 Å². The Morgan fingerprint density at radius 1 is 1.03 bits per heavy atom. The van der Waals surface area contributed by atoms with E-state index in [2.05, 4.69) is 20.8 Å². The van der Waals surface area contributed by atoms with Crippen LogP contribution in [-0.4, -0.2) is 17.2 Å². The van der Waals surface area contributed by atoms with Gasteiger partial charge in [0, 0.05) is 0 Å². The van der Waals surface area contributed by atoms with Crippen LogP contribution in [0.5, 0.6) is 5.75 Å². The maximum absolute atomic E-state index is 13.5. The third-order valence-corrected chi connectivity index (χ3v) is 7.48. The standard InChI is InChI=1S/C26H32O3/c1-18(2)21-14-15-25(3,16-22(21)27)23-17-26(23,19-10-6-4-7-11-19)24(28)29-20-12-8-5-9-13-20/h4-13,18,21-23,27H,14-17H2,1-3H3/t21-,22+,23?,25+,26?/m0/s1. The molecule has 0 bridgehead atoms. The normalized spacial score (nSPS) is 34.0. The van der Waals surface area contributed by atoms with Crippen molar-refractivity contribution in [2.24, 2.45) is 23.2 Å².